The predicted octanol–water partition coefficient (Wildman–Crippen LogP) is 3.70. The van der Waals surface area contributed by atoms with Gasteiger partial charge in [-0.1, -0.05) is 42.5 Å². The smallest absolute Gasteiger partial charge is 0.144 e. The maximum Gasteiger partial charge on any atom is 0.144 e. The van der Waals surface area contributed by atoms with Crippen molar-refractivity contribution >= 4 is 0 Å². The van der Waals surface area contributed by atoms with Crippen molar-refractivity contribution in [1.82, 2.24) is 4.90 Å². The van der Waals surface area contributed by atoms with Gasteiger partial charge in [-0.15, -0.1) is 0 Å². The summed E-state index contributed by atoms with van der Waals surface area (Å²) in [4.78, 5) is 2.42. The van der Waals surface area contributed by atoms with Gasteiger partial charge in [0.05, 0.1) is 0 Å². The molecule has 2 aromatic carbocycles. The molecule has 2 heteroatoms. The zero-order valence-corrected chi connectivity index (χ0v) is 12.7. The Morgan fingerprint density at radius 1 is 1.10 bits per heavy atom. The number of likely N-dealkylation sites (N-methyl/N-ethyl adjacent to an activating group) is 1. The van der Waals surface area contributed by atoms with Gasteiger partial charge in [0.15, 0.2) is 0 Å². The van der Waals surface area contributed by atoms with Crippen LogP contribution in [-0.2, 0) is 5.60 Å². The second kappa shape index (κ2) is 4.60. The highest BCUT2D eigenvalue weighted by Gasteiger charge is 2.52. The fourth-order valence-electron chi connectivity index (χ4n) is 4.04. The largest absolute Gasteiger partial charge is 0.482 e. The van der Waals surface area contributed by atoms with E-state index < -0.39 is 0 Å². The maximum absolute atomic E-state index is 6.59. The fraction of sp³-hybridized carbons (Fsp3) is 0.368. The Morgan fingerprint density at radius 3 is 2.71 bits per heavy atom. The van der Waals surface area contributed by atoms with E-state index >= 15 is 0 Å². The van der Waals surface area contributed by atoms with E-state index in [0.717, 1.165) is 25.3 Å². The topological polar surface area (TPSA) is 12.5 Å². The number of benzene rings is 2. The summed E-state index contributed by atoms with van der Waals surface area (Å²) >= 11 is 0. The van der Waals surface area contributed by atoms with E-state index in [-0.39, 0.29) is 5.60 Å². The van der Waals surface area contributed by atoms with Crippen LogP contribution in [0.4, 0.5) is 0 Å². The van der Waals surface area contributed by atoms with Gasteiger partial charge in [0.1, 0.15) is 11.4 Å². The number of rotatable bonds is 1. The van der Waals surface area contributed by atoms with Gasteiger partial charge in [-0.2, -0.15) is 0 Å². The summed E-state index contributed by atoms with van der Waals surface area (Å²) in [6, 6.07) is 17.3. The van der Waals surface area contributed by atoms with Gasteiger partial charge in [-0.3, -0.25) is 0 Å². The Labute approximate surface area is 126 Å². The van der Waals surface area contributed by atoms with Crippen LogP contribution in [0.15, 0.2) is 48.5 Å². The van der Waals surface area contributed by atoms with Crippen molar-refractivity contribution in [1.29, 1.82) is 0 Å². The van der Waals surface area contributed by atoms with Crippen LogP contribution in [0.25, 0.3) is 0 Å². The first kappa shape index (κ1) is 12.9. The molecule has 0 radical (unpaired) electrons. The van der Waals surface area contributed by atoms with Gasteiger partial charge >= 0.3 is 0 Å². The molecule has 2 aromatic rings. The van der Waals surface area contributed by atoms with Crippen LogP contribution >= 0.6 is 0 Å². The molecule has 2 heterocycles. The molecule has 2 atom stereocenters. The summed E-state index contributed by atoms with van der Waals surface area (Å²) < 4.78 is 6.59. The summed E-state index contributed by atoms with van der Waals surface area (Å²) in [6.07, 6.45) is 1.05. The number of hydrogen-bond acceptors (Lipinski definition) is 2. The van der Waals surface area contributed by atoms with Crippen LogP contribution in [0.2, 0.25) is 0 Å². The molecular formula is C19H21NO. The van der Waals surface area contributed by atoms with Crippen LogP contribution in [0.1, 0.15) is 29.0 Å². The summed E-state index contributed by atoms with van der Waals surface area (Å²) in [7, 11) is 2.21. The lowest BCUT2D eigenvalue weighted by atomic mass is 9.73. The van der Waals surface area contributed by atoms with E-state index in [1.807, 2.05) is 0 Å². The lowest BCUT2D eigenvalue weighted by Crippen LogP contribution is -2.48. The third-order valence-corrected chi connectivity index (χ3v) is 5.11. The average molecular weight is 279 g/mol. The van der Waals surface area contributed by atoms with Gasteiger partial charge in [0, 0.05) is 31.0 Å². The van der Waals surface area contributed by atoms with Gasteiger partial charge in [-0.25, -0.2) is 0 Å². The molecule has 0 aliphatic carbocycles. The van der Waals surface area contributed by atoms with Crippen molar-refractivity contribution in [3.8, 4) is 5.75 Å². The Kier molecular flexibility index (Phi) is 2.83. The molecule has 2 aliphatic rings. The molecule has 1 fully saturated rings. The minimum absolute atomic E-state index is 0.179. The maximum atomic E-state index is 6.59. The number of likely N-dealkylation sites (tertiary alicyclic amines) is 1. The summed E-state index contributed by atoms with van der Waals surface area (Å²) in [5.74, 6) is 1.50. The summed E-state index contributed by atoms with van der Waals surface area (Å²) in [6.45, 7) is 4.34. The third-order valence-electron chi connectivity index (χ3n) is 5.11. The monoisotopic (exact) mass is 279 g/mol. The molecule has 0 bridgehead atoms. The van der Waals surface area contributed by atoms with E-state index in [4.69, 9.17) is 4.74 Å². The SMILES string of the molecule is Cc1ccccc1[C@@]12CCN(C)C[C@@H]1c1ccccc1O2. The average Bonchev–Trinajstić information content (AvgIpc) is 2.83. The first-order chi connectivity index (χ1) is 10.2. The van der Waals surface area contributed by atoms with Crippen LogP contribution in [-0.4, -0.2) is 25.0 Å². The van der Waals surface area contributed by atoms with Crippen LogP contribution in [0.5, 0.6) is 5.75 Å². The molecule has 0 amide bonds. The highest BCUT2D eigenvalue weighted by Crippen LogP contribution is 2.54. The predicted molar refractivity (Wildman–Crippen MR) is 84.8 cm³/mol. The molecule has 21 heavy (non-hydrogen) atoms. The standard InChI is InChI=1S/C19H21NO/c1-14-7-3-5-9-16(14)19-11-12-20(2)13-17(19)15-8-4-6-10-18(15)21-19/h3-10,17H,11-13H2,1-2H3/t17-,19+/m1/s1. The van der Waals surface area contributed by atoms with Crippen molar-refractivity contribution in [2.75, 3.05) is 20.1 Å². The van der Waals surface area contributed by atoms with Gasteiger partial charge in [-0.05, 0) is 31.2 Å². The number of piperidine rings is 1. The highest BCUT2D eigenvalue weighted by atomic mass is 16.5. The van der Waals surface area contributed by atoms with Gasteiger partial charge in [0.2, 0.25) is 0 Å². The molecule has 0 N–H and O–H groups in total. The first-order valence-corrected chi connectivity index (χ1v) is 7.73. The van der Waals surface area contributed by atoms with E-state index in [2.05, 4.69) is 67.4 Å². The Hall–Kier alpha value is -1.80. The van der Waals surface area contributed by atoms with Crippen molar-refractivity contribution in [2.24, 2.45) is 0 Å². The van der Waals surface area contributed by atoms with Crippen molar-refractivity contribution in [2.45, 2.75) is 24.9 Å². The number of ether oxygens (including phenoxy) is 1. The van der Waals surface area contributed by atoms with E-state index in [1.165, 1.54) is 16.7 Å². The lowest BCUT2D eigenvalue weighted by molar-refractivity contribution is 0.00652. The summed E-state index contributed by atoms with van der Waals surface area (Å²) in [5, 5.41) is 0. The zero-order chi connectivity index (χ0) is 14.4. The number of hydrogen-bond donors (Lipinski definition) is 0. The Balaban J connectivity index is 1.89. The van der Waals surface area contributed by atoms with E-state index in [0.29, 0.717) is 5.92 Å². The minimum atomic E-state index is -0.179. The molecule has 1 saturated heterocycles. The van der Waals surface area contributed by atoms with Crippen LogP contribution in [0, 0.1) is 6.92 Å². The zero-order valence-electron chi connectivity index (χ0n) is 12.7. The quantitative estimate of drug-likeness (QED) is 0.789. The summed E-state index contributed by atoms with van der Waals surface area (Å²) in [5.41, 5.74) is 3.88. The highest BCUT2D eigenvalue weighted by molar-refractivity contribution is 5.49. The molecular weight excluding hydrogens is 258 g/mol. The van der Waals surface area contributed by atoms with Crippen molar-refractivity contribution in [3.63, 3.8) is 0 Å². The Bertz CT molecular complexity index is 681. The van der Waals surface area contributed by atoms with Gasteiger partial charge in [0.25, 0.3) is 0 Å². The van der Waals surface area contributed by atoms with Gasteiger partial charge < -0.3 is 9.64 Å². The number of nitrogens with zero attached hydrogens (tertiary/aromatic N) is 1. The molecule has 0 aromatic heterocycles. The van der Waals surface area contributed by atoms with Crippen molar-refractivity contribution < 1.29 is 4.74 Å². The normalized spacial score (nSPS) is 27.8. The molecule has 0 saturated carbocycles. The lowest BCUT2D eigenvalue weighted by Gasteiger charge is -2.43. The van der Waals surface area contributed by atoms with Crippen molar-refractivity contribution in [3.05, 3.63) is 65.2 Å². The first-order valence-electron chi connectivity index (χ1n) is 7.73. The van der Waals surface area contributed by atoms with E-state index in [9.17, 15) is 0 Å². The molecule has 2 aliphatic heterocycles. The number of fused-ring (bicyclic) bond motifs is 3. The number of para-hydroxylation sites is 1. The molecule has 0 spiro atoms. The molecule has 2 nitrogen and oxygen atoms in total. The molecule has 4 rings (SSSR count). The second-order valence-corrected chi connectivity index (χ2v) is 6.41. The molecule has 108 valence electrons. The molecule has 0 unspecified atom stereocenters. The van der Waals surface area contributed by atoms with Crippen LogP contribution < -0.4 is 4.74 Å². The number of aryl methyl sites for hydroxylation is 1. The van der Waals surface area contributed by atoms with Crippen LogP contribution in [0.3, 0.4) is 0 Å². The third kappa shape index (κ3) is 1.82. The second-order valence-electron chi connectivity index (χ2n) is 6.41. The minimum Gasteiger partial charge on any atom is -0.482 e. The Morgan fingerprint density at radius 2 is 1.86 bits per heavy atom. The fourth-order valence-corrected chi connectivity index (χ4v) is 4.04. The van der Waals surface area contributed by atoms with E-state index in [1.54, 1.807) is 0 Å².